The molecule has 1 saturated heterocycles. The second kappa shape index (κ2) is 12.0. The summed E-state index contributed by atoms with van der Waals surface area (Å²) in [6.07, 6.45) is 6.13. The number of rotatable bonds is 10. The van der Waals surface area contributed by atoms with Crippen LogP contribution in [0.3, 0.4) is 0 Å². The summed E-state index contributed by atoms with van der Waals surface area (Å²) in [5, 5.41) is 0. The molecule has 0 unspecified atom stereocenters. The molecule has 0 radical (unpaired) electrons. The summed E-state index contributed by atoms with van der Waals surface area (Å²) in [5.41, 5.74) is 3.87. The number of nitrogens with zero attached hydrogens (tertiary/aromatic N) is 2. The van der Waals surface area contributed by atoms with Crippen LogP contribution in [0.15, 0.2) is 66.2 Å². The van der Waals surface area contributed by atoms with Crippen molar-refractivity contribution in [1.82, 2.24) is 4.90 Å². The Morgan fingerprint density at radius 3 is 2.32 bits per heavy atom. The molecule has 3 nitrogen and oxygen atoms in total. The summed E-state index contributed by atoms with van der Waals surface area (Å²) in [7, 11) is 0. The average Bonchev–Trinajstić information content (AvgIpc) is 2.78. The fourth-order valence-electron chi connectivity index (χ4n) is 4.12. The Bertz CT molecular complexity index is 786. The van der Waals surface area contributed by atoms with Crippen LogP contribution in [-0.2, 0) is 6.61 Å². The quantitative estimate of drug-likeness (QED) is 0.405. The van der Waals surface area contributed by atoms with Gasteiger partial charge >= 0.3 is 0 Å². The zero-order valence-electron chi connectivity index (χ0n) is 19.9. The van der Waals surface area contributed by atoms with Crippen LogP contribution >= 0.6 is 0 Å². The van der Waals surface area contributed by atoms with Crippen molar-refractivity contribution in [2.75, 3.05) is 31.1 Å². The molecule has 0 saturated carbocycles. The van der Waals surface area contributed by atoms with Gasteiger partial charge in [0, 0.05) is 31.4 Å². The average molecular weight is 421 g/mol. The molecule has 1 aliphatic rings. The molecule has 0 bridgehead atoms. The number of ether oxygens (including phenoxy) is 1. The summed E-state index contributed by atoms with van der Waals surface area (Å²) < 4.78 is 5.99. The van der Waals surface area contributed by atoms with E-state index < -0.39 is 0 Å². The topological polar surface area (TPSA) is 15.7 Å². The van der Waals surface area contributed by atoms with Crippen molar-refractivity contribution in [3.63, 3.8) is 0 Å². The van der Waals surface area contributed by atoms with Crippen molar-refractivity contribution in [2.45, 2.75) is 59.6 Å². The zero-order chi connectivity index (χ0) is 22.1. The summed E-state index contributed by atoms with van der Waals surface area (Å²) in [6, 6.07) is 19.6. The van der Waals surface area contributed by atoms with Crippen molar-refractivity contribution < 1.29 is 4.74 Å². The SMILES string of the molecule is CC(C)=CCN(c1ccc(OCc2ccccc2)cc1)C1CCN(CCC(C)C)CC1. The first-order chi connectivity index (χ1) is 15.0. The second-order valence-electron chi connectivity index (χ2n) is 9.46. The molecule has 2 aromatic carbocycles. The number of likely N-dealkylation sites (tertiary alicyclic amines) is 1. The van der Waals surface area contributed by atoms with Crippen molar-refractivity contribution in [3.8, 4) is 5.75 Å². The van der Waals surface area contributed by atoms with Crippen LogP contribution in [0, 0.1) is 5.92 Å². The number of piperidine rings is 1. The molecule has 0 aliphatic carbocycles. The van der Waals surface area contributed by atoms with Crippen molar-refractivity contribution >= 4 is 5.69 Å². The minimum absolute atomic E-state index is 0.599. The number of allylic oxidation sites excluding steroid dienone is 1. The van der Waals surface area contributed by atoms with Gasteiger partial charge in [0.2, 0.25) is 0 Å². The maximum Gasteiger partial charge on any atom is 0.119 e. The van der Waals surface area contributed by atoms with Gasteiger partial charge in [0.1, 0.15) is 12.4 Å². The summed E-state index contributed by atoms with van der Waals surface area (Å²) in [5.74, 6) is 1.72. The molecular weight excluding hydrogens is 380 g/mol. The van der Waals surface area contributed by atoms with E-state index >= 15 is 0 Å². The highest BCUT2D eigenvalue weighted by Gasteiger charge is 2.24. The van der Waals surface area contributed by atoms with E-state index in [1.54, 1.807) is 0 Å². The summed E-state index contributed by atoms with van der Waals surface area (Å²) in [6.45, 7) is 14.3. The normalized spacial score (nSPS) is 15.1. The molecule has 3 rings (SSSR count). The highest BCUT2D eigenvalue weighted by molar-refractivity contribution is 5.51. The van der Waals surface area contributed by atoms with Crippen molar-refractivity contribution in [1.29, 1.82) is 0 Å². The Kier molecular flexibility index (Phi) is 9.02. The highest BCUT2D eigenvalue weighted by Crippen LogP contribution is 2.26. The lowest BCUT2D eigenvalue weighted by Gasteiger charge is -2.39. The van der Waals surface area contributed by atoms with Crippen LogP contribution in [0.5, 0.6) is 5.75 Å². The van der Waals surface area contributed by atoms with Crippen LogP contribution in [0.25, 0.3) is 0 Å². The second-order valence-corrected chi connectivity index (χ2v) is 9.46. The van der Waals surface area contributed by atoms with Gasteiger partial charge in [-0.25, -0.2) is 0 Å². The lowest BCUT2D eigenvalue weighted by Crippen LogP contribution is -2.45. The third kappa shape index (κ3) is 7.74. The van der Waals surface area contributed by atoms with Gasteiger partial charge in [-0.2, -0.15) is 0 Å². The molecule has 0 atom stereocenters. The molecule has 0 amide bonds. The van der Waals surface area contributed by atoms with Crippen molar-refractivity contribution in [3.05, 3.63) is 71.8 Å². The van der Waals surface area contributed by atoms with Crippen LogP contribution in [0.2, 0.25) is 0 Å². The first kappa shape index (κ1) is 23.4. The van der Waals surface area contributed by atoms with Gasteiger partial charge < -0.3 is 14.5 Å². The Hall–Kier alpha value is -2.26. The van der Waals surface area contributed by atoms with Crippen molar-refractivity contribution in [2.24, 2.45) is 5.92 Å². The minimum Gasteiger partial charge on any atom is -0.489 e. The molecule has 3 heteroatoms. The number of benzene rings is 2. The predicted molar refractivity (Wildman–Crippen MR) is 133 cm³/mol. The van der Waals surface area contributed by atoms with E-state index in [1.807, 2.05) is 6.07 Å². The molecule has 168 valence electrons. The standard InChI is InChI=1S/C28H40N2O/c1-23(2)14-18-29-19-16-27(17-20-29)30(21-15-24(3)4)26-10-12-28(13-11-26)31-22-25-8-6-5-7-9-25/h5-13,15,23,27H,14,16-22H2,1-4H3. The molecular formula is C28H40N2O. The Morgan fingerprint density at radius 2 is 1.71 bits per heavy atom. The van der Waals surface area contributed by atoms with Gasteiger partial charge in [0.15, 0.2) is 0 Å². The van der Waals surface area contributed by atoms with Gasteiger partial charge in [-0.3, -0.25) is 0 Å². The first-order valence-electron chi connectivity index (χ1n) is 11.9. The van der Waals surface area contributed by atoms with Crippen LogP contribution in [0.1, 0.15) is 52.5 Å². The van der Waals surface area contributed by atoms with E-state index in [2.05, 4.69) is 92.1 Å². The van der Waals surface area contributed by atoms with E-state index in [1.165, 1.54) is 55.7 Å². The molecule has 0 spiro atoms. The van der Waals surface area contributed by atoms with E-state index in [0.29, 0.717) is 12.6 Å². The van der Waals surface area contributed by atoms with Crippen LogP contribution in [-0.4, -0.2) is 37.1 Å². The molecule has 1 fully saturated rings. The Labute approximate surface area is 189 Å². The van der Waals surface area contributed by atoms with E-state index in [-0.39, 0.29) is 0 Å². The van der Waals surface area contributed by atoms with E-state index in [0.717, 1.165) is 18.2 Å². The largest absolute Gasteiger partial charge is 0.489 e. The van der Waals surface area contributed by atoms with Gasteiger partial charge in [0.25, 0.3) is 0 Å². The van der Waals surface area contributed by atoms with Gasteiger partial charge in [-0.05, 0) is 75.4 Å². The maximum absolute atomic E-state index is 5.99. The summed E-state index contributed by atoms with van der Waals surface area (Å²) >= 11 is 0. The molecule has 2 aromatic rings. The fourth-order valence-corrected chi connectivity index (χ4v) is 4.12. The third-order valence-electron chi connectivity index (χ3n) is 6.13. The minimum atomic E-state index is 0.599. The third-order valence-corrected chi connectivity index (χ3v) is 6.13. The highest BCUT2D eigenvalue weighted by atomic mass is 16.5. The lowest BCUT2D eigenvalue weighted by atomic mass is 10.0. The number of anilines is 1. The number of hydrogen-bond donors (Lipinski definition) is 0. The Morgan fingerprint density at radius 1 is 1.03 bits per heavy atom. The van der Waals surface area contributed by atoms with Crippen LogP contribution < -0.4 is 9.64 Å². The number of hydrogen-bond acceptors (Lipinski definition) is 3. The van der Waals surface area contributed by atoms with Crippen LogP contribution in [0.4, 0.5) is 5.69 Å². The maximum atomic E-state index is 5.99. The van der Waals surface area contributed by atoms with Gasteiger partial charge in [0.05, 0.1) is 0 Å². The zero-order valence-corrected chi connectivity index (χ0v) is 19.9. The van der Waals surface area contributed by atoms with E-state index in [4.69, 9.17) is 4.74 Å². The van der Waals surface area contributed by atoms with Gasteiger partial charge in [-0.1, -0.05) is 55.8 Å². The fraction of sp³-hybridized carbons (Fsp3) is 0.500. The molecule has 0 N–H and O–H groups in total. The van der Waals surface area contributed by atoms with E-state index in [9.17, 15) is 0 Å². The summed E-state index contributed by atoms with van der Waals surface area (Å²) in [4.78, 5) is 5.24. The smallest absolute Gasteiger partial charge is 0.119 e. The predicted octanol–water partition coefficient (Wildman–Crippen LogP) is 6.55. The molecule has 31 heavy (non-hydrogen) atoms. The molecule has 0 aromatic heterocycles. The molecule has 1 heterocycles. The Balaban J connectivity index is 1.61. The lowest BCUT2D eigenvalue weighted by molar-refractivity contribution is 0.200. The first-order valence-corrected chi connectivity index (χ1v) is 11.9. The monoisotopic (exact) mass is 420 g/mol. The molecule has 1 aliphatic heterocycles. The van der Waals surface area contributed by atoms with Gasteiger partial charge in [-0.15, -0.1) is 0 Å².